The highest BCUT2D eigenvalue weighted by atomic mass is 16.6. The van der Waals surface area contributed by atoms with Crippen LogP contribution in [-0.4, -0.2) is 56.3 Å². The number of likely N-dealkylation sites (tertiary alicyclic amines) is 1. The van der Waals surface area contributed by atoms with Gasteiger partial charge in [0.15, 0.2) is 5.65 Å². The van der Waals surface area contributed by atoms with Crippen molar-refractivity contribution in [2.45, 2.75) is 32.4 Å². The minimum absolute atomic E-state index is 0.229. The molecule has 0 radical (unpaired) electrons. The molecule has 1 amide bonds. The Morgan fingerprint density at radius 3 is 2.75 bits per heavy atom. The number of piperidine rings is 1. The van der Waals surface area contributed by atoms with Gasteiger partial charge in [-0.2, -0.15) is 0 Å². The van der Waals surface area contributed by atoms with Gasteiger partial charge in [0, 0.05) is 31.5 Å². The molecule has 0 saturated carbocycles. The number of hydrogen-bond donors (Lipinski definition) is 1. The first-order chi connectivity index (χ1) is 13.7. The second-order valence-electron chi connectivity index (χ2n) is 6.79. The van der Waals surface area contributed by atoms with Crippen LogP contribution < -0.4 is 5.32 Å². The van der Waals surface area contributed by atoms with Crippen molar-refractivity contribution in [1.82, 2.24) is 24.4 Å². The van der Waals surface area contributed by atoms with Crippen molar-refractivity contribution in [3.63, 3.8) is 0 Å². The molecule has 0 unspecified atom stereocenters. The number of carbonyl (C=O) groups is 1. The summed E-state index contributed by atoms with van der Waals surface area (Å²) in [6, 6.07) is 9.98. The molecular weight excluding hydrogens is 356 g/mol. The first-order valence-corrected chi connectivity index (χ1v) is 9.64. The third-order valence-electron chi connectivity index (χ3n) is 4.90. The summed E-state index contributed by atoms with van der Waals surface area (Å²) in [5.74, 6) is 0.786. The summed E-state index contributed by atoms with van der Waals surface area (Å²) in [5.41, 5.74) is 2.64. The standard InChI is InChI=1S/C20H24N6O2/c1-2-28-20(27)25-12-8-15(9-13-25)23-19-24-17-7-5-11-22-18(17)26(19)14-16-6-3-4-10-21-16/h3-7,10-11,15H,2,8-9,12-14H2,1H3,(H,23,24). The molecular formula is C20H24N6O2. The number of nitrogens with zero attached hydrogens (tertiary/aromatic N) is 5. The average molecular weight is 380 g/mol. The van der Waals surface area contributed by atoms with Crippen molar-refractivity contribution in [2.75, 3.05) is 25.0 Å². The van der Waals surface area contributed by atoms with Gasteiger partial charge in [-0.05, 0) is 44.0 Å². The van der Waals surface area contributed by atoms with E-state index in [0.717, 1.165) is 35.6 Å². The molecule has 4 rings (SSSR count). The molecule has 146 valence electrons. The SMILES string of the molecule is CCOC(=O)N1CCC(Nc2nc3cccnc3n2Cc2ccccn2)CC1. The van der Waals surface area contributed by atoms with Gasteiger partial charge in [0.25, 0.3) is 0 Å². The Labute approximate surface area is 163 Å². The van der Waals surface area contributed by atoms with Gasteiger partial charge in [-0.3, -0.25) is 9.55 Å². The first-order valence-electron chi connectivity index (χ1n) is 9.64. The fourth-order valence-electron chi connectivity index (χ4n) is 3.48. The Bertz CT molecular complexity index is 934. The smallest absolute Gasteiger partial charge is 0.409 e. The van der Waals surface area contributed by atoms with Gasteiger partial charge in [0.2, 0.25) is 5.95 Å². The second kappa shape index (κ2) is 8.24. The van der Waals surface area contributed by atoms with E-state index in [1.165, 1.54) is 0 Å². The predicted octanol–water partition coefficient (Wildman–Crippen LogP) is 2.91. The lowest BCUT2D eigenvalue weighted by atomic mass is 10.1. The number of imidazole rings is 1. The molecule has 0 atom stereocenters. The van der Waals surface area contributed by atoms with Gasteiger partial charge in [-0.25, -0.2) is 14.8 Å². The largest absolute Gasteiger partial charge is 0.450 e. The van der Waals surface area contributed by atoms with Crippen molar-refractivity contribution in [1.29, 1.82) is 0 Å². The normalized spacial score (nSPS) is 15.0. The number of pyridine rings is 2. The average Bonchev–Trinajstić information content (AvgIpc) is 3.06. The highest BCUT2D eigenvalue weighted by Crippen LogP contribution is 2.22. The molecule has 4 heterocycles. The number of anilines is 1. The maximum Gasteiger partial charge on any atom is 0.409 e. The van der Waals surface area contributed by atoms with Crippen LogP contribution in [0, 0.1) is 0 Å². The van der Waals surface area contributed by atoms with Gasteiger partial charge in [-0.15, -0.1) is 0 Å². The maximum atomic E-state index is 11.9. The Kier molecular flexibility index (Phi) is 5.36. The Morgan fingerprint density at radius 1 is 1.18 bits per heavy atom. The van der Waals surface area contributed by atoms with E-state index < -0.39 is 0 Å². The van der Waals surface area contributed by atoms with Gasteiger partial charge in [0.05, 0.1) is 18.8 Å². The van der Waals surface area contributed by atoms with Crippen molar-refractivity contribution in [3.8, 4) is 0 Å². The predicted molar refractivity (Wildman–Crippen MR) is 106 cm³/mol. The fourth-order valence-corrected chi connectivity index (χ4v) is 3.48. The molecule has 3 aromatic heterocycles. The fraction of sp³-hybridized carbons (Fsp3) is 0.400. The molecule has 1 aliphatic rings. The maximum absolute atomic E-state index is 11.9. The number of ether oxygens (including phenoxy) is 1. The molecule has 0 bridgehead atoms. The van der Waals surface area contributed by atoms with E-state index in [1.54, 1.807) is 17.3 Å². The van der Waals surface area contributed by atoms with Crippen molar-refractivity contribution < 1.29 is 9.53 Å². The molecule has 28 heavy (non-hydrogen) atoms. The van der Waals surface area contributed by atoms with Crippen LogP contribution in [0.5, 0.6) is 0 Å². The van der Waals surface area contributed by atoms with Crippen molar-refractivity contribution in [2.24, 2.45) is 0 Å². The second-order valence-corrected chi connectivity index (χ2v) is 6.79. The van der Waals surface area contributed by atoms with Crippen LogP contribution >= 0.6 is 0 Å². The van der Waals surface area contributed by atoms with Gasteiger partial charge in [-0.1, -0.05) is 6.07 Å². The molecule has 1 aliphatic heterocycles. The van der Waals surface area contributed by atoms with Gasteiger partial charge in [0.1, 0.15) is 5.52 Å². The lowest BCUT2D eigenvalue weighted by molar-refractivity contribution is 0.0983. The summed E-state index contributed by atoms with van der Waals surface area (Å²) in [7, 11) is 0. The van der Waals surface area contributed by atoms with E-state index in [2.05, 4.69) is 19.9 Å². The molecule has 0 aromatic carbocycles. The van der Waals surface area contributed by atoms with Crippen LogP contribution in [0.25, 0.3) is 11.2 Å². The third-order valence-corrected chi connectivity index (χ3v) is 4.90. The first kappa shape index (κ1) is 18.2. The Morgan fingerprint density at radius 2 is 2.00 bits per heavy atom. The minimum atomic E-state index is -0.229. The summed E-state index contributed by atoms with van der Waals surface area (Å²) in [5, 5.41) is 3.56. The molecule has 8 nitrogen and oxygen atoms in total. The number of carbonyl (C=O) groups excluding carboxylic acids is 1. The van der Waals surface area contributed by atoms with Crippen LogP contribution in [0.4, 0.5) is 10.7 Å². The Hall–Kier alpha value is -3.16. The molecule has 1 fully saturated rings. The zero-order chi connectivity index (χ0) is 19.3. The quantitative estimate of drug-likeness (QED) is 0.733. The number of nitrogens with one attached hydrogen (secondary N) is 1. The summed E-state index contributed by atoms with van der Waals surface area (Å²) < 4.78 is 7.16. The number of rotatable bonds is 5. The van der Waals surface area contributed by atoms with E-state index >= 15 is 0 Å². The number of hydrogen-bond acceptors (Lipinski definition) is 6. The number of aromatic nitrogens is 4. The molecule has 3 aromatic rings. The summed E-state index contributed by atoms with van der Waals surface area (Å²) in [6.07, 6.45) is 5.03. The topological polar surface area (TPSA) is 85.2 Å². The molecule has 0 spiro atoms. The van der Waals surface area contributed by atoms with Crippen molar-refractivity contribution >= 4 is 23.2 Å². The lowest BCUT2D eigenvalue weighted by Crippen LogP contribution is -2.42. The third kappa shape index (κ3) is 3.90. The van der Waals surface area contributed by atoms with Crippen LogP contribution in [0.15, 0.2) is 42.7 Å². The van der Waals surface area contributed by atoms with E-state index in [4.69, 9.17) is 9.72 Å². The van der Waals surface area contributed by atoms with Crippen LogP contribution in [0.1, 0.15) is 25.5 Å². The van der Waals surface area contributed by atoms with E-state index in [0.29, 0.717) is 26.2 Å². The highest BCUT2D eigenvalue weighted by molar-refractivity contribution is 5.74. The number of amides is 1. The molecule has 8 heteroatoms. The van der Waals surface area contributed by atoms with Gasteiger partial charge < -0.3 is 15.0 Å². The van der Waals surface area contributed by atoms with Crippen LogP contribution in [0.2, 0.25) is 0 Å². The molecule has 1 saturated heterocycles. The van der Waals surface area contributed by atoms with E-state index in [1.807, 2.05) is 37.3 Å². The lowest BCUT2D eigenvalue weighted by Gasteiger charge is -2.31. The van der Waals surface area contributed by atoms with Gasteiger partial charge >= 0.3 is 6.09 Å². The molecule has 1 N–H and O–H groups in total. The van der Waals surface area contributed by atoms with Crippen LogP contribution in [-0.2, 0) is 11.3 Å². The molecule has 0 aliphatic carbocycles. The zero-order valence-corrected chi connectivity index (χ0v) is 15.9. The highest BCUT2D eigenvalue weighted by Gasteiger charge is 2.25. The van der Waals surface area contributed by atoms with E-state index in [9.17, 15) is 4.79 Å². The number of fused-ring (bicyclic) bond motifs is 1. The van der Waals surface area contributed by atoms with E-state index in [-0.39, 0.29) is 12.1 Å². The summed E-state index contributed by atoms with van der Waals surface area (Å²) in [4.78, 5) is 27.3. The Balaban J connectivity index is 1.51. The minimum Gasteiger partial charge on any atom is -0.450 e. The zero-order valence-electron chi connectivity index (χ0n) is 15.9. The monoisotopic (exact) mass is 380 g/mol. The van der Waals surface area contributed by atoms with Crippen LogP contribution in [0.3, 0.4) is 0 Å². The summed E-state index contributed by atoms with van der Waals surface area (Å²) in [6.45, 7) is 4.18. The summed E-state index contributed by atoms with van der Waals surface area (Å²) >= 11 is 0. The van der Waals surface area contributed by atoms with Crippen molar-refractivity contribution in [3.05, 3.63) is 48.4 Å².